The number of aromatic carboxylic acids is 1. The molecule has 0 unspecified atom stereocenters. The first-order chi connectivity index (χ1) is 11.0. The van der Waals surface area contributed by atoms with Crippen LogP contribution in [0.2, 0.25) is 0 Å². The number of hydrogen-bond donors (Lipinski definition) is 1. The third-order valence-corrected chi connectivity index (χ3v) is 3.58. The third-order valence-electron chi connectivity index (χ3n) is 3.58. The molecule has 0 bridgehead atoms. The number of carboxylic acid groups (broad SMARTS) is 1. The maximum atomic E-state index is 12.4. The summed E-state index contributed by atoms with van der Waals surface area (Å²) in [6.45, 7) is 1.73. The van der Waals surface area contributed by atoms with E-state index in [-0.39, 0.29) is 23.8 Å². The molecule has 1 amide bonds. The van der Waals surface area contributed by atoms with Crippen LogP contribution in [0.5, 0.6) is 0 Å². The highest BCUT2D eigenvalue weighted by molar-refractivity contribution is 5.96. The molecule has 0 saturated carbocycles. The van der Waals surface area contributed by atoms with E-state index in [0.29, 0.717) is 17.1 Å². The van der Waals surface area contributed by atoms with Crippen molar-refractivity contribution >= 4 is 22.8 Å². The Kier molecular flexibility index (Phi) is 3.65. The minimum Gasteiger partial charge on any atom is -0.478 e. The lowest BCUT2D eigenvalue weighted by atomic mass is 10.2. The summed E-state index contributed by atoms with van der Waals surface area (Å²) in [5.41, 5.74) is 0.746. The van der Waals surface area contributed by atoms with Gasteiger partial charge in [0.2, 0.25) is 0 Å². The van der Waals surface area contributed by atoms with Crippen LogP contribution in [0.3, 0.4) is 0 Å². The fourth-order valence-electron chi connectivity index (χ4n) is 2.41. The monoisotopic (exact) mass is 313 g/mol. The van der Waals surface area contributed by atoms with Crippen LogP contribution in [0.4, 0.5) is 0 Å². The van der Waals surface area contributed by atoms with Gasteiger partial charge in [-0.1, -0.05) is 18.2 Å². The predicted octanol–water partition coefficient (Wildman–Crippen LogP) is 3.30. The number of rotatable bonds is 4. The van der Waals surface area contributed by atoms with Gasteiger partial charge in [0, 0.05) is 12.4 Å². The Hall–Kier alpha value is -3.02. The second-order valence-corrected chi connectivity index (χ2v) is 5.30. The molecule has 6 heteroatoms. The SMILES string of the molecule is Cc1oc(CN(C)C(=O)c2cc3ccccc3o2)cc1C(=O)O. The Labute approximate surface area is 131 Å². The molecule has 0 aliphatic heterocycles. The second-order valence-electron chi connectivity index (χ2n) is 5.30. The molecule has 118 valence electrons. The van der Waals surface area contributed by atoms with E-state index in [1.54, 1.807) is 26.1 Å². The van der Waals surface area contributed by atoms with Crippen LogP contribution in [-0.4, -0.2) is 28.9 Å². The minimum atomic E-state index is -1.05. The number of nitrogens with zero attached hydrogens (tertiary/aromatic N) is 1. The Morgan fingerprint density at radius 3 is 2.57 bits per heavy atom. The normalized spacial score (nSPS) is 10.9. The maximum absolute atomic E-state index is 12.4. The maximum Gasteiger partial charge on any atom is 0.339 e. The molecule has 0 spiro atoms. The second kappa shape index (κ2) is 5.64. The predicted molar refractivity (Wildman–Crippen MR) is 82.4 cm³/mol. The number of carbonyl (C=O) groups is 2. The molecule has 6 nitrogen and oxygen atoms in total. The van der Waals surface area contributed by atoms with Crippen LogP contribution < -0.4 is 0 Å². The highest BCUT2D eigenvalue weighted by Gasteiger charge is 2.20. The summed E-state index contributed by atoms with van der Waals surface area (Å²) in [6.07, 6.45) is 0. The van der Waals surface area contributed by atoms with Crippen LogP contribution >= 0.6 is 0 Å². The van der Waals surface area contributed by atoms with Crippen molar-refractivity contribution in [1.29, 1.82) is 0 Å². The molecule has 0 fully saturated rings. The minimum absolute atomic E-state index is 0.101. The van der Waals surface area contributed by atoms with Gasteiger partial charge in [0.15, 0.2) is 5.76 Å². The summed E-state index contributed by atoms with van der Waals surface area (Å²) in [6, 6.07) is 10.5. The van der Waals surface area contributed by atoms with Crippen LogP contribution in [-0.2, 0) is 6.54 Å². The molecule has 1 N–H and O–H groups in total. The largest absolute Gasteiger partial charge is 0.478 e. The van der Waals surface area contributed by atoms with Crippen molar-refractivity contribution in [2.45, 2.75) is 13.5 Å². The Bertz CT molecular complexity index is 856. The van der Waals surface area contributed by atoms with Crippen molar-refractivity contribution in [2.75, 3.05) is 7.05 Å². The highest BCUT2D eigenvalue weighted by Crippen LogP contribution is 2.21. The van der Waals surface area contributed by atoms with E-state index in [4.69, 9.17) is 13.9 Å². The van der Waals surface area contributed by atoms with Crippen molar-refractivity contribution in [3.8, 4) is 0 Å². The molecule has 3 aromatic rings. The molecule has 0 radical (unpaired) electrons. The summed E-state index contributed by atoms with van der Waals surface area (Å²) in [4.78, 5) is 24.9. The molecule has 2 heterocycles. The number of fused-ring (bicyclic) bond motifs is 1. The first-order valence-electron chi connectivity index (χ1n) is 7.02. The van der Waals surface area contributed by atoms with Gasteiger partial charge in [0.1, 0.15) is 22.7 Å². The standard InChI is InChI=1S/C17H15NO5/c1-10-13(17(20)21)8-12(22-10)9-18(2)16(19)15-7-11-5-3-4-6-14(11)23-15/h3-8H,9H2,1-2H3,(H,20,21). The number of hydrogen-bond acceptors (Lipinski definition) is 4. The lowest BCUT2D eigenvalue weighted by Crippen LogP contribution is -2.25. The third kappa shape index (κ3) is 2.83. The highest BCUT2D eigenvalue weighted by atomic mass is 16.4. The van der Waals surface area contributed by atoms with Gasteiger partial charge in [-0.2, -0.15) is 0 Å². The van der Waals surface area contributed by atoms with Crippen molar-refractivity contribution < 1.29 is 23.5 Å². The molecule has 1 aromatic carbocycles. The Balaban J connectivity index is 1.79. The van der Waals surface area contributed by atoms with Crippen LogP contribution in [0.15, 0.2) is 45.2 Å². The number of benzene rings is 1. The molecule has 23 heavy (non-hydrogen) atoms. The zero-order chi connectivity index (χ0) is 16.6. The average molecular weight is 313 g/mol. The fraction of sp³-hybridized carbons (Fsp3) is 0.176. The molecular weight excluding hydrogens is 298 g/mol. The van der Waals surface area contributed by atoms with E-state index in [1.807, 2.05) is 18.2 Å². The molecular formula is C17H15NO5. The molecule has 2 aromatic heterocycles. The zero-order valence-corrected chi connectivity index (χ0v) is 12.7. The van der Waals surface area contributed by atoms with Gasteiger partial charge in [-0.15, -0.1) is 0 Å². The summed E-state index contributed by atoms with van der Waals surface area (Å²) >= 11 is 0. The number of para-hydroxylation sites is 1. The Morgan fingerprint density at radius 1 is 1.17 bits per heavy atom. The van der Waals surface area contributed by atoms with Crippen LogP contribution in [0.25, 0.3) is 11.0 Å². The Morgan fingerprint density at radius 2 is 1.91 bits per heavy atom. The molecule has 3 rings (SSSR count). The van der Waals surface area contributed by atoms with E-state index in [0.717, 1.165) is 5.39 Å². The molecule has 0 saturated heterocycles. The summed E-state index contributed by atoms with van der Waals surface area (Å²) in [5.74, 6) is -0.393. The molecule has 0 aliphatic carbocycles. The smallest absolute Gasteiger partial charge is 0.339 e. The van der Waals surface area contributed by atoms with Gasteiger partial charge < -0.3 is 18.8 Å². The summed E-state index contributed by atoms with van der Waals surface area (Å²) in [5, 5.41) is 9.88. The first kappa shape index (κ1) is 14.9. The van der Waals surface area contributed by atoms with Crippen LogP contribution in [0, 0.1) is 6.92 Å². The van der Waals surface area contributed by atoms with E-state index in [9.17, 15) is 9.59 Å². The van der Waals surface area contributed by atoms with E-state index >= 15 is 0 Å². The van der Waals surface area contributed by atoms with Gasteiger partial charge in [-0.3, -0.25) is 4.79 Å². The number of carbonyl (C=O) groups excluding carboxylic acids is 1. The van der Waals surface area contributed by atoms with Gasteiger partial charge in [0.05, 0.1) is 6.54 Å². The number of furan rings is 2. The van der Waals surface area contributed by atoms with E-state index < -0.39 is 5.97 Å². The van der Waals surface area contributed by atoms with Crippen molar-refractivity contribution in [2.24, 2.45) is 0 Å². The van der Waals surface area contributed by atoms with E-state index in [2.05, 4.69) is 0 Å². The number of aryl methyl sites for hydroxylation is 1. The quantitative estimate of drug-likeness (QED) is 0.799. The number of amides is 1. The van der Waals surface area contributed by atoms with Gasteiger partial charge >= 0.3 is 5.97 Å². The van der Waals surface area contributed by atoms with E-state index in [1.165, 1.54) is 11.0 Å². The van der Waals surface area contributed by atoms with Gasteiger partial charge in [-0.05, 0) is 25.1 Å². The molecule has 0 atom stereocenters. The van der Waals surface area contributed by atoms with Crippen molar-refractivity contribution in [3.05, 3.63) is 59.2 Å². The lowest BCUT2D eigenvalue weighted by molar-refractivity contribution is 0.0693. The lowest BCUT2D eigenvalue weighted by Gasteiger charge is -2.13. The fourth-order valence-corrected chi connectivity index (χ4v) is 2.41. The average Bonchev–Trinajstić information content (AvgIpc) is 3.09. The van der Waals surface area contributed by atoms with Crippen molar-refractivity contribution in [3.63, 3.8) is 0 Å². The number of carboxylic acids is 1. The van der Waals surface area contributed by atoms with Gasteiger partial charge in [-0.25, -0.2) is 4.79 Å². The van der Waals surface area contributed by atoms with Crippen LogP contribution in [0.1, 0.15) is 32.4 Å². The molecule has 0 aliphatic rings. The summed E-state index contributed by atoms with van der Waals surface area (Å²) in [7, 11) is 1.60. The first-order valence-corrected chi connectivity index (χ1v) is 7.02. The topological polar surface area (TPSA) is 83.9 Å². The zero-order valence-electron chi connectivity index (χ0n) is 12.7. The van der Waals surface area contributed by atoms with Gasteiger partial charge in [0.25, 0.3) is 5.91 Å². The summed E-state index contributed by atoms with van der Waals surface area (Å²) < 4.78 is 10.9. The van der Waals surface area contributed by atoms with Crippen molar-refractivity contribution in [1.82, 2.24) is 4.90 Å².